The van der Waals surface area contributed by atoms with Crippen molar-refractivity contribution in [2.75, 3.05) is 6.54 Å². The molecule has 1 aliphatic carbocycles. The van der Waals surface area contributed by atoms with Crippen LogP contribution in [0.25, 0.3) is 0 Å². The molecule has 2 N–H and O–H groups in total. The number of imide groups is 1. The van der Waals surface area contributed by atoms with E-state index in [0.29, 0.717) is 24.9 Å². The minimum absolute atomic E-state index is 0.119. The molecule has 1 aliphatic heterocycles. The molecule has 1 heterocycles. The number of nitrogens with one attached hydrogen (secondary N) is 1. The number of rotatable bonds is 7. The quantitative estimate of drug-likeness (QED) is 0.716. The third-order valence-electron chi connectivity index (χ3n) is 5.40. The molecule has 2 aliphatic rings. The summed E-state index contributed by atoms with van der Waals surface area (Å²) in [7, 11) is 0. The van der Waals surface area contributed by atoms with Gasteiger partial charge in [-0.2, -0.15) is 0 Å². The Kier molecular flexibility index (Phi) is 5.30. The summed E-state index contributed by atoms with van der Waals surface area (Å²) < 4.78 is 0. The zero-order valence-corrected chi connectivity index (χ0v) is 15.4. The number of benzene rings is 1. The molecule has 0 bridgehead atoms. The van der Waals surface area contributed by atoms with Crippen LogP contribution in [0, 0.1) is 0 Å². The second-order valence-electron chi connectivity index (χ2n) is 7.39. The van der Waals surface area contributed by atoms with E-state index in [0.717, 1.165) is 25.7 Å². The van der Waals surface area contributed by atoms with Crippen molar-refractivity contribution in [3.8, 4) is 0 Å². The Labute approximate surface area is 157 Å². The van der Waals surface area contributed by atoms with E-state index in [-0.39, 0.29) is 29.4 Å². The van der Waals surface area contributed by atoms with Gasteiger partial charge >= 0.3 is 5.97 Å². The molecule has 144 valence electrons. The first-order valence-electron chi connectivity index (χ1n) is 9.41. The molecule has 3 rings (SSSR count). The van der Waals surface area contributed by atoms with Gasteiger partial charge in [-0.15, -0.1) is 0 Å². The lowest BCUT2D eigenvalue weighted by molar-refractivity contribution is -0.138. The van der Waals surface area contributed by atoms with Crippen molar-refractivity contribution in [3.05, 3.63) is 34.9 Å². The van der Waals surface area contributed by atoms with Gasteiger partial charge < -0.3 is 10.4 Å². The number of carboxylic acid groups (broad SMARTS) is 1. The molecule has 0 radical (unpaired) electrons. The van der Waals surface area contributed by atoms with Gasteiger partial charge in [0.15, 0.2) is 0 Å². The fraction of sp³-hybridized carbons (Fsp3) is 0.500. The molecule has 7 heteroatoms. The molecule has 1 aromatic rings. The maximum absolute atomic E-state index is 12.7. The van der Waals surface area contributed by atoms with Gasteiger partial charge in [-0.05, 0) is 37.5 Å². The van der Waals surface area contributed by atoms with Crippen molar-refractivity contribution in [2.24, 2.45) is 0 Å². The first-order valence-corrected chi connectivity index (χ1v) is 9.41. The van der Waals surface area contributed by atoms with Gasteiger partial charge in [0.05, 0.1) is 23.1 Å². The fourth-order valence-corrected chi connectivity index (χ4v) is 3.95. The van der Waals surface area contributed by atoms with Crippen LogP contribution < -0.4 is 5.32 Å². The van der Waals surface area contributed by atoms with E-state index in [4.69, 9.17) is 0 Å². The SMILES string of the molecule is CCCCN1C(=O)c2ccc(C(=O)NC3(CC(=O)O)CCCC3)cc2C1=O. The predicted octanol–water partition coefficient (Wildman–Crippen LogP) is 2.60. The van der Waals surface area contributed by atoms with Crippen molar-refractivity contribution >= 4 is 23.7 Å². The van der Waals surface area contributed by atoms with Gasteiger partial charge in [-0.1, -0.05) is 26.2 Å². The van der Waals surface area contributed by atoms with Gasteiger partial charge in [0, 0.05) is 12.1 Å². The summed E-state index contributed by atoms with van der Waals surface area (Å²) in [5.74, 6) is -2.06. The summed E-state index contributed by atoms with van der Waals surface area (Å²) >= 11 is 0. The Bertz CT molecular complexity index is 796. The number of amides is 3. The Morgan fingerprint density at radius 3 is 2.44 bits per heavy atom. The van der Waals surface area contributed by atoms with Crippen molar-refractivity contribution in [3.63, 3.8) is 0 Å². The summed E-state index contributed by atoms with van der Waals surface area (Å²) in [5.41, 5.74) is 0.0784. The highest BCUT2D eigenvalue weighted by molar-refractivity contribution is 6.22. The van der Waals surface area contributed by atoms with E-state index < -0.39 is 17.4 Å². The summed E-state index contributed by atoms with van der Waals surface area (Å²) in [6, 6.07) is 4.47. The Hall–Kier alpha value is -2.70. The van der Waals surface area contributed by atoms with Gasteiger partial charge in [-0.3, -0.25) is 24.1 Å². The normalized spacial score (nSPS) is 17.9. The summed E-state index contributed by atoms with van der Waals surface area (Å²) in [5, 5.41) is 12.0. The third kappa shape index (κ3) is 3.72. The molecular formula is C20H24N2O5. The number of carbonyl (C=O) groups is 4. The standard InChI is InChI=1S/C20H24N2O5/c1-2-3-10-22-18(26)14-7-6-13(11-15(14)19(22)27)17(25)21-20(12-16(23)24)8-4-5-9-20/h6-7,11H,2-5,8-10,12H2,1H3,(H,21,25)(H,23,24). The molecular weight excluding hydrogens is 348 g/mol. The van der Waals surface area contributed by atoms with Crippen LogP contribution in [0.3, 0.4) is 0 Å². The topological polar surface area (TPSA) is 104 Å². The zero-order chi connectivity index (χ0) is 19.6. The number of hydrogen-bond donors (Lipinski definition) is 2. The number of nitrogens with zero attached hydrogens (tertiary/aromatic N) is 1. The number of unbranched alkanes of at least 4 members (excludes halogenated alkanes) is 1. The van der Waals surface area contributed by atoms with Gasteiger partial charge in [0.1, 0.15) is 0 Å². The van der Waals surface area contributed by atoms with Crippen LogP contribution in [-0.2, 0) is 4.79 Å². The van der Waals surface area contributed by atoms with E-state index in [9.17, 15) is 24.3 Å². The number of carbonyl (C=O) groups excluding carboxylic acids is 3. The van der Waals surface area contributed by atoms with E-state index in [1.807, 2.05) is 6.92 Å². The monoisotopic (exact) mass is 372 g/mol. The number of hydrogen-bond acceptors (Lipinski definition) is 4. The number of fused-ring (bicyclic) bond motifs is 1. The Morgan fingerprint density at radius 2 is 1.81 bits per heavy atom. The lowest BCUT2D eigenvalue weighted by atomic mass is 9.92. The molecule has 7 nitrogen and oxygen atoms in total. The van der Waals surface area contributed by atoms with Crippen LogP contribution in [0.15, 0.2) is 18.2 Å². The van der Waals surface area contributed by atoms with Crippen molar-refractivity contribution in [1.29, 1.82) is 0 Å². The smallest absolute Gasteiger partial charge is 0.305 e. The second-order valence-corrected chi connectivity index (χ2v) is 7.39. The molecule has 1 saturated carbocycles. The second kappa shape index (κ2) is 7.50. The summed E-state index contributed by atoms with van der Waals surface area (Å²) in [4.78, 5) is 50.1. The number of aliphatic carboxylic acids is 1. The molecule has 0 atom stereocenters. The number of carboxylic acids is 1. The van der Waals surface area contributed by atoms with E-state index >= 15 is 0 Å². The molecule has 27 heavy (non-hydrogen) atoms. The van der Waals surface area contributed by atoms with Crippen LogP contribution >= 0.6 is 0 Å². The average Bonchev–Trinajstić information content (AvgIpc) is 3.16. The van der Waals surface area contributed by atoms with Crippen molar-refractivity contribution in [1.82, 2.24) is 10.2 Å². The largest absolute Gasteiger partial charge is 0.481 e. The Morgan fingerprint density at radius 1 is 1.15 bits per heavy atom. The fourth-order valence-electron chi connectivity index (χ4n) is 3.95. The highest BCUT2D eigenvalue weighted by Gasteiger charge is 2.39. The lowest BCUT2D eigenvalue weighted by Crippen LogP contribution is -2.47. The third-order valence-corrected chi connectivity index (χ3v) is 5.40. The van der Waals surface area contributed by atoms with Crippen LogP contribution in [0.1, 0.15) is 82.9 Å². The maximum atomic E-state index is 12.7. The highest BCUT2D eigenvalue weighted by atomic mass is 16.4. The molecule has 0 spiro atoms. The predicted molar refractivity (Wildman–Crippen MR) is 97.6 cm³/mol. The van der Waals surface area contributed by atoms with E-state index in [2.05, 4.69) is 5.32 Å². The van der Waals surface area contributed by atoms with Crippen molar-refractivity contribution in [2.45, 2.75) is 57.4 Å². The minimum Gasteiger partial charge on any atom is -0.481 e. The summed E-state index contributed by atoms with van der Waals surface area (Å²) in [6.07, 6.45) is 4.47. The molecule has 1 fully saturated rings. The lowest BCUT2D eigenvalue weighted by Gasteiger charge is -2.28. The molecule has 3 amide bonds. The maximum Gasteiger partial charge on any atom is 0.305 e. The van der Waals surface area contributed by atoms with Crippen LogP contribution in [0.5, 0.6) is 0 Å². The van der Waals surface area contributed by atoms with E-state index in [1.165, 1.54) is 23.1 Å². The Balaban J connectivity index is 1.80. The van der Waals surface area contributed by atoms with Crippen molar-refractivity contribution < 1.29 is 24.3 Å². The molecule has 0 saturated heterocycles. The zero-order valence-electron chi connectivity index (χ0n) is 15.4. The van der Waals surface area contributed by atoms with Gasteiger partial charge in [0.2, 0.25) is 0 Å². The van der Waals surface area contributed by atoms with Gasteiger partial charge in [-0.25, -0.2) is 0 Å². The first kappa shape index (κ1) is 19.1. The molecule has 0 unspecified atom stereocenters. The first-order chi connectivity index (χ1) is 12.9. The van der Waals surface area contributed by atoms with Crippen LogP contribution in [0.4, 0.5) is 0 Å². The van der Waals surface area contributed by atoms with Crippen LogP contribution in [-0.4, -0.2) is 45.8 Å². The van der Waals surface area contributed by atoms with Gasteiger partial charge in [0.25, 0.3) is 17.7 Å². The van der Waals surface area contributed by atoms with Crippen LogP contribution in [0.2, 0.25) is 0 Å². The molecule has 1 aromatic carbocycles. The van der Waals surface area contributed by atoms with E-state index in [1.54, 1.807) is 0 Å². The summed E-state index contributed by atoms with van der Waals surface area (Å²) in [6.45, 7) is 2.35. The average molecular weight is 372 g/mol. The molecule has 0 aromatic heterocycles. The minimum atomic E-state index is -0.946. The highest BCUT2D eigenvalue weighted by Crippen LogP contribution is 2.33.